The van der Waals surface area contributed by atoms with Crippen molar-refractivity contribution >= 4 is 52.3 Å². The van der Waals surface area contributed by atoms with Gasteiger partial charge in [0.2, 0.25) is 3.79 Å². The van der Waals surface area contributed by atoms with E-state index in [4.69, 9.17) is 46.4 Å². The SMILES string of the molecule is O=C(NC(OCC(F)(F)F)C(Cl)(Cl)Cl)c1cc(Cl)ccc1O. The topological polar surface area (TPSA) is 58.6 Å². The number of rotatable bonds is 4. The second kappa shape index (κ2) is 7.31. The fraction of sp³-hybridized carbons (Fsp3) is 0.364. The lowest BCUT2D eigenvalue weighted by Crippen LogP contribution is -2.47. The zero-order valence-corrected chi connectivity index (χ0v) is 13.4. The summed E-state index contributed by atoms with van der Waals surface area (Å²) < 4.78 is 38.5. The quantitative estimate of drug-likeness (QED) is 0.592. The van der Waals surface area contributed by atoms with Gasteiger partial charge < -0.3 is 15.2 Å². The first-order chi connectivity index (χ1) is 9.90. The average molecular weight is 401 g/mol. The smallest absolute Gasteiger partial charge is 0.411 e. The van der Waals surface area contributed by atoms with Gasteiger partial charge in [0.15, 0.2) is 6.23 Å². The summed E-state index contributed by atoms with van der Waals surface area (Å²) in [5.74, 6) is -1.49. The van der Waals surface area contributed by atoms with Gasteiger partial charge in [0.25, 0.3) is 5.91 Å². The Morgan fingerprint density at radius 1 is 1.32 bits per heavy atom. The Morgan fingerprint density at radius 3 is 2.41 bits per heavy atom. The van der Waals surface area contributed by atoms with Crippen LogP contribution in [0.3, 0.4) is 0 Å². The van der Waals surface area contributed by atoms with Gasteiger partial charge in [0.05, 0.1) is 5.56 Å². The highest BCUT2D eigenvalue weighted by atomic mass is 35.6. The summed E-state index contributed by atoms with van der Waals surface area (Å²) in [5.41, 5.74) is -0.317. The van der Waals surface area contributed by atoms with Gasteiger partial charge in [-0.2, -0.15) is 13.2 Å². The van der Waals surface area contributed by atoms with Crippen LogP contribution < -0.4 is 5.32 Å². The van der Waals surface area contributed by atoms with Crippen molar-refractivity contribution in [2.45, 2.75) is 16.2 Å². The number of carbonyl (C=O) groups is 1. The molecular weight excluding hydrogens is 393 g/mol. The molecule has 11 heteroatoms. The molecule has 0 saturated carbocycles. The number of nitrogens with one attached hydrogen (secondary N) is 1. The van der Waals surface area contributed by atoms with Crippen molar-refractivity contribution in [1.29, 1.82) is 0 Å². The highest BCUT2D eigenvalue weighted by molar-refractivity contribution is 6.68. The third-order valence-corrected chi connectivity index (χ3v) is 3.01. The number of carbonyl (C=O) groups excluding carboxylic acids is 1. The lowest BCUT2D eigenvalue weighted by molar-refractivity contribution is -0.186. The van der Waals surface area contributed by atoms with Crippen LogP contribution in [-0.2, 0) is 4.74 Å². The van der Waals surface area contributed by atoms with Crippen molar-refractivity contribution in [1.82, 2.24) is 5.32 Å². The number of benzene rings is 1. The summed E-state index contributed by atoms with van der Waals surface area (Å²) in [7, 11) is 0. The molecule has 0 heterocycles. The van der Waals surface area contributed by atoms with Crippen molar-refractivity contribution in [3.8, 4) is 5.75 Å². The summed E-state index contributed by atoms with van der Waals surface area (Å²) >= 11 is 22.1. The van der Waals surface area contributed by atoms with Crippen molar-refractivity contribution < 1.29 is 27.8 Å². The van der Waals surface area contributed by atoms with E-state index in [0.29, 0.717) is 0 Å². The minimum atomic E-state index is -4.68. The van der Waals surface area contributed by atoms with Gasteiger partial charge in [-0.25, -0.2) is 0 Å². The molecule has 1 unspecified atom stereocenters. The molecule has 1 atom stereocenters. The number of halogens is 7. The Bertz CT molecular complexity index is 548. The lowest BCUT2D eigenvalue weighted by Gasteiger charge is -2.26. The van der Waals surface area contributed by atoms with Crippen LogP contribution in [-0.4, -0.2) is 33.8 Å². The van der Waals surface area contributed by atoms with Crippen LogP contribution in [0.2, 0.25) is 5.02 Å². The van der Waals surface area contributed by atoms with Gasteiger partial charge in [0.1, 0.15) is 12.4 Å². The first-order valence-corrected chi connectivity index (χ1v) is 6.96. The van der Waals surface area contributed by atoms with Crippen molar-refractivity contribution in [2.24, 2.45) is 0 Å². The molecule has 0 fully saturated rings. The minimum absolute atomic E-state index is 0.115. The molecule has 2 N–H and O–H groups in total. The Balaban J connectivity index is 2.89. The predicted molar refractivity (Wildman–Crippen MR) is 76.7 cm³/mol. The molecule has 0 bridgehead atoms. The van der Waals surface area contributed by atoms with E-state index < -0.39 is 34.5 Å². The van der Waals surface area contributed by atoms with E-state index in [9.17, 15) is 23.1 Å². The molecule has 4 nitrogen and oxygen atoms in total. The molecule has 1 aromatic rings. The fourth-order valence-corrected chi connectivity index (χ4v) is 1.81. The number of hydrogen-bond donors (Lipinski definition) is 2. The van der Waals surface area contributed by atoms with Crippen LogP contribution in [0.1, 0.15) is 10.4 Å². The zero-order chi connectivity index (χ0) is 17.1. The summed E-state index contributed by atoms with van der Waals surface area (Å²) in [6.07, 6.45) is -6.58. The minimum Gasteiger partial charge on any atom is -0.507 e. The van der Waals surface area contributed by atoms with E-state index in [2.05, 4.69) is 4.74 Å². The highest BCUT2D eigenvalue weighted by Gasteiger charge is 2.39. The van der Waals surface area contributed by atoms with E-state index >= 15 is 0 Å². The third-order valence-electron chi connectivity index (χ3n) is 2.18. The predicted octanol–water partition coefficient (Wildman–Crippen LogP) is 4.05. The summed E-state index contributed by atoms with van der Waals surface area (Å²) in [6.45, 7) is -1.74. The van der Waals surface area contributed by atoms with Gasteiger partial charge in [-0.1, -0.05) is 46.4 Å². The molecule has 0 aliphatic heterocycles. The Hall–Kier alpha value is -0.600. The maximum absolute atomic E-state index is 12.2. The number of alkyl halides is 6. The Kier molecular flexibility index (Phi) is 6.46. The third kappa shape index (κ3) is 6.26. The molecular formula is C11H8Cl4F3NO3. The number of phenols is 1. The van der Waals surface area contributed by atoms with Crippen LogP contribution in [0.25, 0.3) is 0 Å². The van der Waals surface area contributed by atoms with Crippen LogP contribution in [0.15, 0.2) is 18.2 Å². The van der Waals surface area contributed by atoms with Crippen molar-refractivity contribution in [3.63, 3.8) is 0 Å². The van der Waals surface area contributed by atoms with E-state index in [1.807, 2.05) is 5.32 Å². The van der Waals surface area contributed by atoms with Crippen molar-refractivity contribution in [3.05, 3.63) is 28.8 Å². The molecule has 0 radical (unpaired) electrons. The second-order valence-electron chi connectivity index (χ2n) is 3.98. The first-order valence-electron chi connectivity index (χ1n) is 5.44. The van der Waals surface area contributed by atoms with Gasteiger partial charge in [0, 0.05) is 5.02 Å². The largest absolute Gasteiger partial charge is 0.507 e. The van der Waals surface area contributed by atoms with E-state index in [0.717, 1.165) is 12.1 Å². The normalized spacial score (nSPS) is 13.8. The maximum atomic E-state index is 12.2. The maximum Gasteiger partial charge on any atom is 0.411 e. The lowest BCUT2D eigenvalue weighted by atomic mass is 10.2. The standard InChI is InChI=1S/C11H8Cl4F3NO3/c12-5-1-2-7(20)6(3-5)8(21)19-9(11(13,14)15)22-4-10(16,17)18/h1-3,9,20H,4H2,(H,19,21). The van der Waals surface area contributed by atoms with Gasteiger partial charge in [-0.05, 0) is 18.2 Å². The number of ether oxygens (including phenoxy) is 1. The van der Waals surface area contributed by atoms with Crippen LogP contribution in [0.4, 0.5) is 13.2 Å². The van der Waals surface area contributed by atoms with Gasteiger partial charge in [-0.3, -0.25) is 4.79 Å². The van der Waals surface area contributed by atoms with Crippen molar-refractivity contribution in [2.75, 3.05) is 6.61 Å². The molecule has 124 valence electrons. The molecule has 1 rings (SSSR count). The van der Waals surface area contributed by atoms with Gasteiger partial charge >= 0.3 is 6.18 Å². The van der Waals surface area contributed by atoms with Crippen LogP contribution in [0, 0.1) is 0 Å². The summed E-state index contributed by atoms with van der Waals surface area (Å²) in [5, 5.41) is 11.6. The van der Waals surface area contributed by atoms with E-state index in [1.54, 1.807) is 0 Å². The number of phenolic OH excluding ortho intramolecular Hbond substituents is 1. The molecule has 0 saturated heterocycles. The fourth-order valence-electron chi connectivity index (χ4n) is 1.28. The number of aromatic hydroxyl groups is 1. The Morgan fingerprint density at radius 2 is 1.91 bits per heavy atom. The average Bonchev–Trinajstić information content (AvgIpc) is 2.34. The summed E-state index contributed by atoms with van der Waals surface area (Å²) in [6, 6.07) is 3.52. The number of hydrogen-bond acceptors (Lipinski definition) is 3. The second-order valence-corrected chi connectivity index (χ2v) is 6.79. The molecule has 1 aromatic carbocycles. The molecule has 0 aromatic heterocycles. The molecule has 22 heavy (non-hydrogen) atoms. The van der Waals surface area contributed by atoms with Crippen LogP contribution >= 0.6 is 46.4 Å². The number of amides is 1. The van der Waals surface area contributed by atoms with Crippen LogP contribution in [0.5, 0.6) is 5.75 Å². The zero-order valence-electron chi connectivity index (χ0n) is 10.4. The highest BCUT2D eigenvalue weighted by Crippen LogP contribution is 2.32. The van der Waals surface area contributed by atoms with E-state index in [1.165, 1.54) is 6.07 Å². The monoisotopic (exact) mass is 399 g/mol. The molecule has 0 spiro atoms. The first kappa shape index (κ1) is 19.4. The van der Waals surface area contributed by atoms with E-state index in [-0.39, 0.29) is 10.6 Å². The Labute approximate surface area is 143 Å². The molecule has 0 aliphatic carbocycles. The summed E-state index contributed by atoms with van der Waals surface area (Å²) in [4.78, 5) is 11.9. The molecule has 1 amide bonds. The molecule has 0 aliphatic rings. The van der Waals surface area contributed by atoms with Gasteiger partial charge in [-0.15, -0.1) is 0 Å².